The summed E-state index contributed by atoms with van der Waals surface area (Å²) in [7, 11) is 0. The molecule has 6 nitrogen and oxygen atoms in total. The van der Waals surface area contributed by atoms with E-state index >= 15 is 0 Å². The van der Waals surface area contributed by atoms with Crippen LogP contribution in [0.1, 0.15) is 34.1 Å². The first-order chi connectivity index (χ1) is 14.4. The molecule has 5 rings (SSSR count). The van der Waals surface area contributed by atoms with Gasteiger partial charge in [0.1, 0.15) is 0 Å². The molecule has 2 fully saturated rings. The molecule has 0 aromatic heterocycles. The summed E-state index contributed by atoms with van der Waals surface area (Å²) in [6, 6.07) is 13.2. The fraction of sp³-hybridized carbons (Fsp3) is 0.250. The molecule has 6 heteroatoms. The fourth-order valence-electron chi connectivity index (χ4n) is 4.91. The molecule has 150 valence electrons. The van der Waals surface area contributed by atoms with Crippen molar-refractivity contribution in [3.05, 3.63) is 71.8 Å². The van der Waals surface area contributed by atoms with Crippen molar-refractivity contribution in [2.75, 3.05) is 10.2 Å². The normalized spacial score (nSPS) is 26.2. The first-order valence-corrected chi connectivity index (χ1v) is 10.0. The third-order valence-corrected chi connectivity index (χ3v) is 6.41. The summed E-state index contributed by atoms with van der Waals surface area (Å²) in [4.78, 5) is 50.9. The molecule has 30 heavy (non-hydrogen) atoms. The number of hydrogen-bond donors (Lipinski definition) is 1. The Hall–Kier alpha value is -3.54. The second-order valence-corrected chi connectivity index (χ2v) is 8.15. The van der Waals surface area contributed by atoms with Crippen LogP contribution in [0.25, 0.3) is 0 Å². The van der Waals surface area contributed by atoms with Gasteiger partial charge in [-0.25, -0.2) is 0 Å². The molecule has 4 atom stereocenters. The Labute approximate surface area is 173 Å². The molecule has 2 aromatic carbocycles. The summed E-state index contributed by atoms with van der Waals surface area (Å²) in [5.41, 5.74) is 2.07. The molecule has 2 aliphatic carbocycles. The number of allylic oxidation sites excluding steroid dienone is 2. The molecule has 3 amide bonds. The minimum absolute atomic E-state index is 0.0394. The van der Waals surface area contributed by atoms with E-state index in [2.05, 4.69) is 17.5 Å². The number of nitrogens with zero attached hydrogens (tertiary/aromatic N) is 1. The van der Waals surface area contributed by atoms with Crippen LogP contribution in [0.3, 0.4) is 0 Å². The lowest BCUT2D eigenvalue weighted by Crippen LogP contribution is -2.32. The van der Waals surface area contributed by atoms with E-state index in [1.54, 1.807) is 48.5 Å². The number of nitrogens with one attached hydrogen (secondary N) is 1. The van der Waals surface area contributed by atoms with Crippen molar-refractivity contribution in [1.82, 2.24) is 0 Å². The monoisotopic (exact) mass is 400 g/mol. The number of imide groups is 1. The fourth-order valence-corrected chi connectivity index (χ4v) is 4.91. The molecule has 0 unspecified atom stereocenters. The van der Waals surface area contributed by atoms with E-state index in [9.17, 15) is 19.2 Å². The third-order valence-electron chi connectivity index (χ3n) is 6.41. The minimum atomic E-state index is -0.310. The van der Waals surface area contributed by atoms with Crippen LogP contribution in [0.4, 0.5) is 11.4 Å². The van der Waals surface area contributed by atoms with Gasteiger partial charge in [-0.1, -0.05) is 12.2 Å². The van der Waals surface area contributed by atoms with Crippen molar-refractivity contribution in [2.24, 2.45) is 23.7 Å². The number of carbonyl (C=O) groups excluding carboxylic acids is 4. The SMILES string of the molecule is CC(=O)c1ccc(NC(=O)c2ccc(N3C(=O)[C@H]4[C@H](C3=O)[C@H]3C=C[C@H]4C3)cc2)cc1. The molecule has 2 aromatic rings. The molecule has 1 heterocycles. The maximum Gasteiger partial charge on any atom is 0.255 e. The van der Waals surface area contributed by atoms with Crippen LogP contribution in [0.5, 0.6) is 0 Å². The van der Waals surface area contributed by atoms with Crippen LogP contribution in [0, 0.1) is 23.7 Å². The number of Topliss-reactive ketones (excluding diaryl/α,β-unsaturated/α-hetero) is 1. The number of hydrogen-bond acceptors (Lipinski definition) is 4. The lowest BCUT2D eigenvalue weighted by Gasteiger charge is -2.17. The lowest BCUT2D eigenvalue weighted by molar-refractivity contribution is -0.123. The van der Waals surface area contributed by atoms with Crippen LogP contribution in [-0.2, 0) is 9.59 Å². The molecule has 1 saturated carbocycles. The Morgan fingerprint density at radius 3 is 1.90 bits per heavy atom. The van der Waals surface area contributed by atoms with Gasteiger partial charge in [0.25, 0.3) is 5.91 Å². The first kappa shape index (κ1) is 18.5. The highest BCUT2D eigenvalue weighted by molar-refractivity contribution is 6.23. The Morgan fingerprint density at radius 2 is 1.37 bits per heavy atom. The van der Waals surface area contributed by atoms with Gasteiger partial charge in [-0.3, -0.25) is 24.1 Å². The standard InChI is InChI=1S/C24H20N2O4/c1-13(27)14-4-8-18(9-5-14)25-22(28)15-6-10-19(11-7-15)26-23(29)20-16-2-3-17(12-16)21(20)24(26)30/h2-11,16-17,20-21H,12H2,1H3,(H,25,28)/t16-,17-,20+,21+/m0/s1. The summed E-state index contributed by atoms with van der Waals surface area (Å²) in [5.74, 6) is -0.768. The maximum atomic E-state index is 12.9. The third kappa shape index (κ3) is 2.79. The van der Waals surface area contributed by atoms with Crippen LogP contribution in [-0.4, -0.2) is 23.5 Å². The molecule has 1 N–H and O–H groups in total. The maximum absolute atomic E-state index is 12.9. The van der Waals surface area contributed by atoms with Gasteiger partial charge in [-0.05, 0) is 73.7 Å². The minimum Gasteiger partial charge on any atom is -0.322 e. The van der Waals surface area contributed by atoms with E-state index in [1.807, 2.05) is 0 Å². The molecule has 2 bridgehead atoms. The molecular formula is C24H20N2O4. The Balaban J connectivity index is 1.31. The molecule has 0 radical (unpaired) electrons. The van der Waals surface area contributed by atoms with Crippen molar-refractivity contribution in [1.29, 1.82) is 0 Å². The summed E-state index contributed by atoms with van der Waals surface area (Å²) in [6.45, 7) is 1.49. The number of anilines is 2. The van der Waals surface area contributed by atoms with Gasteiger partial charge >= 0.3 is 0 Å². The highest BCUT2D eigenvalue weighted by atomic mass is 16.2. The van der Waals surface area contributed by atoms with Crippen LogP contribution in [0.2, 0.25) is 0 Å². The van der Waals surface area contributed by atoms with E-state index in [0.29, 0.717) is 22.5 Å². The van der Waals surface area contributed by atoms with Gasteiger partial charge in [-0.15, -0.1) is 0 Å². The van der Waals surface area contributed by atoms with E-state index in [4.69, 9.17) is 0 Å². The Morgan fingerprint density at radius 1 is 0.833 bits per heavy atom. The second-order valence-electron chi connectivity index (χ2n) is 8.15. The lowest BCUT2D eigenvalue weighted by atomic mass is 9.85. The number of carbonyl (C=O) groups is 4. The molecular weight excluding hydrogens is 380 g/mol. The largest absolute Gasteiger partial charge is 0.322 e. The van der Waals surface area contributed by atoms with E-state index < -0.39 is 0 Å². The van der Waals surface area contributed by atoms with Crippen molar-refractivity contribution in [3.8, 4) is 0 Å². The van der Waals surface area contributed by atoms with E-state index in [1.165, 1.54) is 11.8 Å². The van der Waals surface area contributed by atoms with Crippen molar-refractivity contribution in [2.45, 2.75) is 13.3 Å². The predicted molar refractivity (Wildman–Crippen MR) is 111 cm³/mol. The number of amides is 3. The van der Waals surface area contributed by atoms with Crippen LogP contribution < -0.4 is 10.2 Å². The van der Waals surface area contributed by atoms with Gasteiger partial charge < -0.3 is 5.32 Å². The zero-order valence-electron chi connectivity index (χ0n) is 16.4. The summed E-state index contributed by atoms with van der Waals surface area (Å²) in [6.07, 6.45) is 5.03. The van der Waals surface area contributed by atoms with Gasteiger partial charge in [0.15, 0.2) is 5.78 Å². The van der Waals surface area contributed by atoms with Crippen molar-refractivity contribution >= 4 is 34.9 Å². The topological polar surface area (TPSA) is 83.6 Å². The van der Waals surface area contributed by atoms with Crippen LogP contribution >= 0.6 is 0 Å². The number of ketones is 1. The Bertz CT molecular complexity index is 1070. The van der Waals surface area contributed by atoms with Gasteiger partial charge in [-0.2, -0.15) is 0 Å². The molecule has 3 aliphatic rings. The molecule has 1 aliphatic heterocycles. The zero-order valence-corrected chi connectivity index (χ0v) is 16.4. The van der Waals surface area contributed by atoms with Crippen LogP contribution in [0.15, 0.2) is 60.7 Å². The van der Waals surface area contributed by atoms with E-state index in [0.717, 1.165) is 6.42 Å². The number of benzene rings is 2. The van der Waals surface area contributed by atoms with Crippen molar-refractivity contribution < 1.29 is 19.2 Å². The average molecular weight is 400 g/mol. The summed E-state index contributed by atoms with van der Waals surface area (Å²) in [5, 5.41) is 2.78. The molecule has 0 spiro atoms. The van der Waals surface area contributed by atoms with Crippen molar-refractivity contribution in [3.63, 3.8) is 0 Å². The highest BCUT2D eigenvalue weighted by Crippen LogP contribution is 2.53. The molecule has 1 saturated heterocycles. The average Bonchev–Trinajstić information content (AvgIpc) is 3.42. The van der Waals surface area contributed by atoms with Gasteiger partial charge in [0, 0.05) is 16.8 Å². The second kappa shape index (κ2) is 6.76. The quantitative estimate of drug-likeness (QED) is 0.484. The Kier molecular flexibility index (Phi) is 4.17. The number of rotatable bonds is 4. The smallest absolute Gasteiger partial charge is 0.255 e. The van der Waals surface area contributed by atoms with Gasteiger partial charge in [0.05, 0.1) is 17.5 Å². The first-order valence-electron chi connectivity index (χ1n) is 10.0. The summed E-state index contributed by atoms with van der Waals surface area (Å²) < 4.78 is 0. The van der Waals surface area contributed by atoms with Gasteiger partial charge in [0.2, 0.25) is 11.8 Å². The predicted octanol–water partition coefficient (Wildman–Crippen LogP) is 3.45. The summed E-state index contributed by atoms with van der Waals surface area (Å²) >= 11 is 0. The number of fused-ring (bicyclic) bond motifs is 5. The zero-order chi connectivity index (χ0) is 21.0. The van der Waals surface area contributed by atoms with E-state index in [-0.39, 0.29) is 47.2 Å². The highest BCUT2D eigenvalue weighted by Gasteiger charge is 2.59.